The third-order valence-corrected chi connectivity index (χ3v) is 9.67. The van der Waals surface area contributed by atoms with Crippen LogP contribution in [0.4, 0.5) is 0 Å². The van der Waals surface area contributed by atoms with Crippen LogP contribution in [0.3, 0.4) is 0 Å². The summed E-state index contributed by atoms with van der Waals surface area (Å²) in [4.78, 5) is 26.9. The van der Waals surface area contributed by atoms with Crippen molar-refractivity contribution < 1.29 is 9.59 Å². The fourth-order valence-corrected chi connectivity index (χ4v) is 10.3. The third kappa shape index (κ3) is 0.608. The van der Waals surface area contributed by atoms with Crippen LogP contribution in [0.1, 0.15) is 26.7 Å². The van der Waals surface area contributed by atoms with Gasteiger partial charge in [-0.2, -0.15) is 0 Å². The van der Waals surface area contributed by atoms with Crippen molar-refractivity contribution in [2.24, 2.45) is 63.6 Å². The lowest BCUT2D eigenvalue weighted by atomic mass is 9.01. The van der Waals surface area contributed by atoms with Gasteiger partial charge in [-0.05, 0) is 64.6 Å². The Bertz CT molecular complexity index is 641. The maximum absolute atomic E-state index is 12.7. The summed E-state index contributed by atoms with van der Waals surface area (Å²) in [6, 6.07) is 0. The van der Waals surface area contributed by atoms with Crippen LogP contribution in [0.25, 0.3) is 0 Å². The first kappa shape index (κ1) is 10.8. The molecule has 10 atom stereocenters. The van der Waals surface area contributed by atoms with Crippen molar-refractivity contribution in [3.8, 4) is 0 Å². The fourth-order valence-electron chi connectivity index (χ4n) is 10.3. The molecule has 110 valence electrons. The summed E-state index contributed by atoms with van der Waals surface area (Å²) in [5.74, 6) is 5.23. The van der Waals surface area contributed by atoms with E-state index in [-0.39, 0.29) is 23.7 Å². The van der Waals surface area contributed by atoms with E-state index in [9.17, 15) is 9.59 Å². The van der Waals surface area contributed by atoms with Gasteiger partial charge in [-0.15, -0.1) is 0 Å². The number of hydrogen-bond donors (Lipinski definition) is 0. The van der Waals surface area contributed by atoms with Gasteiger partial charge in [-0.1, -0.05) is 13.8 Å². The minimum Gasteiger partial charge on any atom is -0.285 e. The third-order valence-electron chi connectivity index (χ3n) is 9.67. The van der Waals surface area contributed by atoms with E-state index in [1.54, 1.807) is 7.05 Å². The summed E-state index contributed by atoms with van der Waals surface area (Å²) >= 11 is 0. The maximum atomic E-state index is 12.7. The second kappa shape index (κ2) is 2.32. The van der Waals surface area contributed by atoms with Crippen molar-refractivity contribution in [3.05, 3.63) is 0 Å². The van der Waals surface area contributed by atoms with Gasteiger partial charge in [0.2, 0.25) is 11.8 Å². The highest BCUT2D eigenvalue weighted by Gasteiger charge is 3.05. The van der Waals surface area contributed by atoms with E-state index in [1.165, 1.54) is 17.7 Å². The summed E-state index contributed by atoms with van der Waals surface area (Å²) in [6.07, 6.45) is 2.67. The topological polar surface area (TPSA) is 37.4 Å². The first-order valence-corrected chi connectivity index (χ1v) is 8.70. The predicted molar refractivity (Wildman–Crippen MR) is 73.6 cm³/mol. The molecule has 1 heterocycles. The van der Waals surface area contributed by atoms with Gasteiger partial charge in [-0.3, -0.25) is 14.5 Å². The lowest BCUT2D eigenvalue weighted by Crippen LogP contribution is -3.00. The Balaban J connectivity index is 1.49. The molecule has 21 heavy (non-hydrogen) atoms. The molecule has 2 amide bonds. The first-order chi connectivity index (χ1) is 9.88. The molecule has 8 rings (SSSR count). The van der Waals surface area contributed by atoms with Gasteiger partial charge < -0.3 is 0 Å². The minimum atomic E-state index is 0.0771. The number of imide groups is 1. The van der Waals surface area contributed by atoms with Gasteiger partial charge in [0.05, 0.1) is 11.8 Å². The lowest BCUT2D eigenvalue weighted by molar-refractivity contribution is -0.563. The van der Waals surface area contributed by atoms with Gasteiger partial charge in [0.25, 0.3) is 0 Å². The molecule has 1 saturated heterocycles. The second-order valence-electron chi connectivity index (χ2n) is 10.1. The zero-order chi connectivity index (χ0) is 14.3. The fraction of sp³-hybridized carbons (Fsp3) is 0.889. The number of nitrogens with zero attached hydrogens (tertiary/aromatic N) is 1. The summed E-state index contributed by atoms with van der Waals surface area (Å²) in [5, 5.41) is 0. The van der Waals surface area contributed by atoms with Gasteiger partial charge in [0, 0.05) is 7.05 Å². The zero-order valence-corrected chi connectivity index (χ0v) is 12.8. The Morgan fingerprint density at radius 1 is 0.857 bits per heavy atom. The first-order valence-electron chi connectivity index (χ1n) is 8.70. The Morgan fingerprint density at radius 2 is 1.29 bits per heavy atom. The Kier molecular flexibility index (Phi) is 1.19. The molecule has 0 aromatic rings. The van der Waals surface area contributed by atoms with Gasteiger partial charge in [0.15, 0.2) is 0 Å². The maximum Gasteiger partial charge on any atom is 0.233 e. The molecule has 0 N–H and O–H groups in total. The molecule has 3 heteroatoms. The minimum absolute atomic E-state index is 0.0771. The summed E-state index contributed by atoms with van der Waals surface area (Å²) in [5.41, 5.74) is 1.42. The number of hydrogen-bond acceptors (Lipinski definition) is 2. The molecular weight excluding hydrogens is 262 g/mol. The second-order valence-corrected chi connectivity index (χ2v) is 10.1. The molecule has 1 aliphatic heterocycles. The van der Waals surface area contributed by atoms with E-state index < -0.39 is 0 Å². The Morgan fingerprint density at radius 3 is 1.71 bits per heavy atom. The molecule has 7 saturated carbocycles. The summed E-state index contributed by atoms with van der Waals surface area (Å²) in [6.45, 7) is 4.86. The standard InChI is InChI=1S/C18H21NO2/c1-16(2)4-17-10-6-7-11(18(17,5-16)13(7)12(6)17)9-8(10)14(20)19(3)15(9)21/h6-13H,4-5H2,1-3H3/t6-,7+,8-,9+,10-,11-,12-,13-,17+,18-/m1/s1. The molecule has 0 aromatic heterocycles. The van der Waals surface area contributed by atoms with Crippen LogP contribution in [-0.2, 0) is 9.59 Å². The average Bonchev–Trinajstić information content (AvgIpc) is 2.76. The van der Waals surface area contributed by atoms with Gasteiger partial charge in [-0.25, -0.2) is 0 Å². The van der Waals surface area contributed by atoms with Crippen LogP contribution in [0.2, 0.25) is 0 Å². The molecule has 2 bridgehead atoms. The number of likely N-dealkylation sites (tertiary alicyclic amines) is 1. The average molecular weight is 283 g/mol. The van der Waals surface area contributed by atoms with Crippen molar-refractivity contribution >= 4 is 11.8 Å². The normalized spacial score (nSPS) is 72.0. The highest BCUT2D eigenvalue weighted by molar-refractivity contribution is 6.06. The smallest absolute Gasteiger partial charge is 0.233 e. The van der Waals surface area contributed by atoms with Crippen LogP contribution < -0.4 is 0 Å². The molecule has 3 nitrogen and oxygen atoms in total. The van der Waals surface area contributed by atoms with E-state index in [2.05, 4.69) is 13.8 Å². The monoisotopic (exact) mass is 283 g/mol. The SMILES string of the molecule is CN1C(=O)[C@@H]2[C@H](C1=O)[C@H]1[C@@H]3[C@H]4[C@@H]5[C@@H]3[C@@]13CC(C)(C)C[C@]53[C@@H]24. The van der Waals surface area contributed by atoms with Crippen LogP contribution in [0.5, 0.6) is 0 Å². The molecule has 0 aromatic carbocycles. The van der Waals surface area contributed by atoms with E-state index in [0.717, 1.165) is 23.7 Å². The van der Waals surface area contributed by atoms with E-state index >= 15 is 0 Å². The van der Waals surface area contributed by atoms with Crippen LogP contribution in [0, 0.1) is 63.6 Å². The van der Waals surface area contributed by atoms with Crippen LogP contribution in [0.15, 0.2) is 0 Å². The van der Waals surface area contributed by atoms with Crippen molar-refractivity contribution in [2.45, 2.75) is 26.7 Å². The van der Waals surface area contributed by atoms with E-state index in [0.29, 0.717) is 28.1 Å². The Labute approximate surface area is 124 Å². The summed E-state index contributed by atoms with van der Waals surface area (Å²) < 4.78 is 0. The predicted octanol–water partition coefficient (Wildman–Crippen LogP) is 1.78. The van der Waals surface area contributed by atoms with E-state index in [1.807, 2.05) is 0 Å². The van der Waals surface area contributed by atoms with Crippen molar-refractivity contribution in [3.63, 3.8) is 0 Å². The molecule has 0 radical (unpaired) electrons. The van der Waals surface area contributed by atoms with Gasteiger partial charge >= 0.3 is 0 Å². The number of rotatable bonds is 0. The molecule has 7 aliphatic carbocycles. The number of carbonyl (C=O) groups is 2. The van der Waals surface area contributed by atoms with Crippen molar-refractivity contribution in [1.82, 2.24) is 4.90 Å². The van der Waals surface area contributed by atoms with Crippen LogP contribution in [-0.4, -0.2) is 23.8 Å². The quantitative estimate of drug-likeness (QED) is 0.635. The number of carbonyl (C=O) groups excluding carboxylic acids is 2. The molecule has 8 fully saturated rings. The van der Waals surface area contributed by atoms with Gasteiger partial charge in [0.1, 0.15) is 0 Å². The van der Waals surface area contributed by atoms with Crippen LogP contribution >= 0.6 is 0 Å². The molecule has 0 unspecified atom stereocenters. The van der Waals surface area contributed by atoms with Crippen molar-refractivity contribution in [2.75, 3.05) is 7.05 Å². The number of amides is 2. The zero-order valence-electron chi connectivity index (χ0n) is 12.8. The lowest BCUT2D eigenvalue weighted by Gasteiger charge is -3.02. The largest absolute Gasteiger partial charge is 0.285 e. The highest BCUT2D eigenvalue weighted by Crippen LogP contribution is 3.07. The Hall–Kier alpha value is -0.860. The summed E-state index contributed by atoms with van der Waals surface area (Å²) in [7, 11) is 1.72. The highest BCUT2D eigenvalue weighted by atomic mass is 16.2. The van der Waals surface area contributed by atoms with Crippen molar-refractivity contribution in [1.29, 1.82) is 0 Å². The molecule has 2 spiro atoms. The van der Waals surface area contributed by atoms with E-state index in [4.69, 9.17) is 0 Å². The molecular formula is C18H21NO2. The molecule has 8 aliphatic rings.